The molecule has 0 radical (unpaired) electrons. The lowest BCUT2D eigenvalue weighted by atomic mass is 9.87. The molecule has 11 heteroatoms. The number of hydrogen-bond acceptors (Lipinski definition) is 6. The first kappa shape index (κ1) is 23.9. The molecule has 1 aromatic heterocycles. The predicted octanol–water partition coefficient (Wildman–Crippen LogP) is 4.71. The van der Waals surface area contributed by atoms with Crippen LogP contribution in [0.5, 0.6) is 11.6 Å². The number of aromatic nitrogens is 1. The van der Waals surface area contributed by atoms with Crippen molar-refractivity contribution in [3.8, 4) is 11.6 Å². The number of nitrogens with zero attached hydrogens (tertiary/aromatic N) is 2. The maximum absolute atomic E-state index is 12.8. The van der Waals surface area contributed by atoms with E-state index in [-0.39, 0.29) is 29.8 Å². The number of piperidine rings is 1. The minimum absolute atomic E-state index is 0.0806. The van der Waals surface area contributed by atoms with Gasteiger partial charge in [0.25, 0.3) is 0 Å². The largest absolute Gasteiger partial charge is 0.490 e. The summed E-state index contributed by atoms with van der Waals surface area (Å²) in [7, 11) is 0. The molecule has 1 spiro atoms. The van der Waals surface area contributed by atoms with Crippen LogP contribution in [0.3, 0.4) is 0 Å². The lowest BCUT2D eigenvalue weighted by Gasteiger charge is -2.39. The molecule has 0 N–H and O–H groups in total. The van der Waals surface area contributed by atoms with Gasteiger partial charge < -0.3 is 14.2 Å². The topological polar surface area (TPSA) is 60.9 Å². The van der Waals surface area contributed by atoms with Crippen molar-refractivity contribution in [2.45, 2.75) is 37.1 Å². The van der Waals surface area contributed by atoms with Crippen molar-refractivity contribution >= 4 is 29.2 Å². The van der Waals surface area contributed by atoms with Crippen LogP contribution >= 0.6 is 23.2 Å². The second-order valence-corrected chi connectivity index (χ2v) is 8.97. The molecule has 178 valence electrons. The van der Waals surface area contributed by atoms with E-state index in [2.05, 4.69) is 4.98 Å². The van der Waals surface area contributed by atoms with Gasteiger partial charge in [-0.1, -0.05) is 29.3 Å². The lowest BCUT2D eigenvalue weighted by molar-refractivity contribution is -0.207. The quantitative estimate of drug-likeness (QED) is 0.419. The number of carbonyl (C=O) groups is 1. The Morgan fingerprint density at radius 1 is 1.21 bits per heavy atom. The summed E-state index contributed by atoms with van der Waals surface area (Å²) in [5.74, 6) is -1.31. The van der Waals surface area contributed by atoms with Crippen molar-refractivity contribution in [3.63, 3.8) is 0 Å². The van der Waals surface area contributed by atoms with Gasteiger partial charge in [0, 0.05) is 50.0 Å². The Kier molecular flexibility index (Phi) is 6.93. The van der Waals surface area contributed by atoms with Gasteiger partial charge in [-0.05, 0) is 29.8 Å². The van der Waals surface area contributed by atoms with Crippen LogP contribution in [0.2, 0.25) is 10.2 Å². The van der Waals surface area contributed by atoms with Crippen LogP contribution in [-0.4, -0.2) is 60.0 Å². The highest BCUT2D eigenvalue weighted by Crippen LogP contribution is 2.42. The van der Waals surface area contributed by atoms with E-state index < -0.39 is 18.2 Å². The normalized spacial score (nSPS) is 18.5. The second kappa shape index (κ2) is 9.56. The molecule has 2 aliphatic heterocycles. The maximum Gasteiger partial charge on any atom is 0.490 e. The molecule has 1 atom stereocenters. The van der Waals surface area contributed by atoms with E-state index in [1.807, 2.05) is 17.0 Å². The number of ether oxygens (including phenoxy) is 3. The summed E-state index contributed by atoms with van der Waals surface area (Å²) in [4.78, 5) is 17.3. The number of alkyl halides is 3. The average Bonchev–Trinajstić information content (AvgIpc) is 3.10. The van der Waals surface area contributed by atoms with Gasteiger partial charge in [0.15, 0.2) is 0 Å². The van der Waals surface area contributed by atoms with Crippen molar-refractivity contribution < 1.29 is 32.2 Å². The highest BCUT2D eigenvalue weighted by Gasteiger charge is 2.44. The number of pyridine rings is 1. The number of hydrogen-bond donors (Lipinski definition) is 0. The molecule has 0 unspecified atom stereocenters. The Morgan fingerprint density at radius 3 is 2.67 bits per heavy atom. The molecule has 2 aromatic rings. The average molecular weight is 505 g/mol. The molecule has 33 heavy (non-hydrogen) atoms. The number of likely N-dealkylation sites (tertiary alicyclic amines) is 1. The van der Waals surface area contributed by atoms with Gasteiger partial charge in [0.05, 0.1) is 0 Å². The zero-order valence-corrected chi connectivity index (χ0v) is 18.9. The number of benzene rings is 1. The molecule has 0 amide bonds. The third kappa shape index (κ3) is 6.02. The molecular weight excluding hydrogens is 484 g/mol. The smallest absolute Gasteiger partial charge is 0.487 e. The maximum atomic E-state index is 12.8. The van der Waals surface area contributed by atoms with Gasteiger partial charge in [0.2, 0.25) is 5.88 Å². The van der Waals surface area contributed by atoms with E-state index in [9.17, 15) is 18.0 Å². The molecule has 1 fully saturated rings. The summed E-state index contributed by atoms with van der Waals surface area (Å²) in [6.45, 7) is 0.920. The summed E-state index contributed by atoms with van der Waals surface area (Å²) in [5, 5.41) is 0.826. The number of rotatable bonds is 6. The molecule has 2 aliphatic rings. The number of halogens is 5. The van der Waals surface area contributed by atoms with Crippen LogP contribution in [0.25, 0.3) is 0 Å². The fraction of sp³-hybridized carbons (Fsp3) is 0.455. The summed E-state index contributed by atoms with van der Waals surface area (Å²) >= 11 is 11.9. The monoisotopic (exact) mass is 504 g/mol. The Hall–Kier alpha value is -2.23. The van der Waals surface area contributed by atoms with Gasteiger partial charge in [-0.25, -0.2) is 9.78 Å². The molecule has 4 rings (SSSR count). The minimum Gasteiger partial charge on any atom is -0.487 e. The van der Waals surface area contributed by atoms with Crippen molar-refractivity contribution in [2.24, 2.45) is 0 Å². The third-order valence-electron chi connectivity index (χ3n) is 5.70. The van der Waals surface area contributed by atoms with E-state index in [0.717, 1.165) is 17.7 Å². The number of esters is 1. The van der Waals surface area contributed by atoms with Crippen LogP contribution in [-0.2, 0) is 16.0 Å². The van der Waals surface area contributed by atoms with Crippen molar-refractivity contribution in [1.82, 2.24) is 9.88 Å². The van der Waals surface area contributed by atoms with E-state index in [0.29, 0.717) is 31.0 Å². The van der Waals surface area contributed by atoms with Crippen LogP contribution in [0.4, 0.5) is 13.2 Å². The number of carbonyl (C=O) groups excluding carboxylic acids is 1. The Balaban J connectivity index is 1.36. The molecule has 1 aromatic carbocycles. The van der Waals surface area contributed by atoms with Gasteiger partial charge in [0.1, 0.15) is 29.2 Å². The zero-order valence-electron chi connectivity index (χ0n) is 17.4. The minimum atomic E-state index is -5.09. The highest BCUT2D eigenvalue weighted by molar-refractivity contribution is 6.30. The SMILES string of the molecule is O=C(O[C@H](COc1cccc(Cl)n1)CN1CCC2(CC1)Cc1cc(Cl)ccc1O2)C(F)(F)F. The third-order valence-corrected chi connectivity index (χ3v) is 6.15. The van der Waals surface area contributed by atoms with Crippen molar-refractivity contribution in [1.29, 1.82) is 0 Å². The van der Waals surface area contributed by atoms with Crippen LogP contribution in [0.15, 0.2) is 36.4 Å². The lowest BCUT2D eigenvalue weighted by Crippen LogP contribution is -2.50. The highest BCUT2D eigenvalue weighted by atomic mass is 35.5. The molecule has 0 saturated carbocycles. The van der Waals surface area contributed by atoms with Crippen molar-refractivity contribution in [2.75, 3.05) is 26.2 Å². The zero-order chi connectivity index (χ0) is 23.6. The summed E-state index contributed by atoms with van der Waals surface area (Å²) in [6.07, 6.45) is -4.16. The Labute approximate surface area is 198 Å². The Morgan fingerprint density at radius 2 is 1.97 bits per heavy atom. The van der Waals surface area contributed by atoms with Crippen molar-refractivity contribution in [3.05, 3.63) is 52.1 Å². The van der Waals surface area contributed by atoms with Crippen LogP contribution in [0, 0.1) is 0 Å². The summed E-state index contributed by atoms with van der Waals surface area (Å²) < 4.78 is 54.7. The van der Waals surface area contributed by atoms with Gasteiger partial charge in [-0.3, -0.25) is 4.90 Å². The standard InChI is InChI=1S/C22H21Cl2F3N2O4/c23-15-4-5-17-14(10-15)11-21(33-17)6-8-29(9-7-21)12-16(32-20(30)22(25,26)27)13-31-19-3-1-2-18(24)28-19/h1-5,10,16H,6-9,11-13H2/t16-/m0/s1. The molecule has 1 saturated heterocycles. The van der Waals surface area contributed by atoms with Gasteiger partial charge in [-0.2, -0.15) is 13.2 Å². The van der Waals surface area contributed by atoms with E-state index in [4.69, 9.17) is 37.4 Å². The summed E-state index contributed by atoms with van der Waals surface area (Å²) in [6, 6.07) is 10.2. The van der Waals surface area contributed by atoms with Crippen LogP contribution < -0.4 is 9.47 Å². The first-order chi connectivity index (χ1) is 15.6. The summed E-state index contributed by atoms with van der Waals surface area (Å²) in [5.41, 5.74) is 0.693. The Bertz CT molecular complexity index is 1010. The molecule has 0 aliphatic carbocycles. The molecule has 6 nitrogen and oxygen atoms in total. The molecular formula is C22H21Cl2F3N2O4. The van der Waals surface area contributed by atoms with E-state index in [1.165, 1.54) is 12.1 Å². The van der Waals surface area contributed by atoms with E-state index in [1.54, 1.807) is 12.1 Å². The predicted molar refractivity (Wildman–Crippen MR) is 115 cm³/mol. The fourth-order valence-corrected chi connectivity index (χ4v) is 4.45. The van der Waals surface area contributed by atoms with E-state index >= 15 is 0 Å². The first-order valence-corrected chi connectivity index (χ1v) is 11.1. The number of fused-ring (bicyclic) bond motifs is 1. The van der Waals surface area contributed by atoms with Crippen LogP contribution in [0.1, 0.15) is 18.4 Å². The first-order valence-electron chi connectivity index (χ1n) is 10.3. The molecule has 3 heterocycles. The second-order valence-electron chi connectivity index (χ2n) is 8.15. The van der Waals surface area contributed by atoms with Gasteiger partial charge >= 0.3 is 12.1 Å². The molecule has 0 bridgehead atoms. The fourth-order valence-electron chi connectivity index (χ4n) is 4.10. The van der Waals surface area contributed by atoms with Gasteiger partial charge in [-0.15, -0.1) is 0 Å².